The summed E-state index contributed by atoms with van der Waals surface area (Å²) in [7, 11) is 0. The van der Waals surface area contributed by atoms with Crippen molar-refractivity contribution in [2.75, 3.05) is 17.2 Å². The van der Waals surface area contributed by atoms with E-state index in [9.17, 15) is 4.79 Å². The predicted molar refractivity (Wildman–Crippen MR) is 143 cm³/mol. The molecule has 0 N–H and O–H groups in total. The zero-order chi connectivity index (χ0) is 24.0. The first-order valence-corrected chi connectivity index (χ1v) is 12.5. The molecular weight excluding hydrogens is 452 g/mol. The zero-order valence-electron chi connectivity index (χ0n) is 19.3. The van der Waals surface area contributed by atoms with Crippen LogP contribution in [0.25, 0.3) is 33.3 Å². The summed E-state index contributed by atoms with van der Waals surface area (Å²) < 4.78 is 0. The molecule has 0 spiro atoms. The summed E-state index contributed by atoms with van der Waals surface area (Å²) >= 11 is 1.31. The lowest BCUT2D eigenvalue weighted by Gasteiger charge is -2.22. The van der Waals surface area contributed by atoms with E-state index in [4.69, 9.17) is 4.98 Å². The van der Waals surface area contributed by atoms with Crippen LogP contribution in [0, 0.1) is 0 Å². The smallest absolute Gasteiger partial charge is 0.237 e. The summed E-state index contributed by atoms with van der Waals surface area (Å²) in [4.78, 5) is 19.9. The highest BCUT2D eigenvalue weighted by atomic mass is 32.2. The summed E-state index contributed by atoms with van der Waals surface area (Å²) in [5, 5.41) is 11.5. The van der Waals surface area contributed by atoms with Crippen LogP contribution in [-0.4, -0.2) is 33.4 Å². The monoisotopic (exact) mass is 476 g/mol. The summed E-state index contributed by atoms with van der Waals surface area (Å²) in [5.74, 6) is 0.225. The van der Waals surface area contributed by atoms with E-state index in [1.165, 1.54) is 11.8 Å². The molecule has 0 saturated carbocycles. The van der Waals surface area contributed by atoms with Gasteiger partial charge in [-0.1, -0.05) is 109 Å². The van der Waals surface area contributed by atoms with Gasteiger partial charge in [-0.3, -0.25) is 4.79 Å². The molecule has 4 aromatic carbocycles. The van der Waals surface area contributed by atoms with Crippen LogP contribution in [0.3, 0.4) is 0 Å². The van der Waals surface area contributed by atoms with Gasteiger partial charge in [-0.05, 0) is 18.4 Å². The van der Waals surface area contributed by atoms with Gasteiger partial charge in [0, 0.05) is 23.1 Å². The molecule has 1 amide bonds. The molecule has 5 nitrogen and oxygen atoms in total. The first-order valence-electron chi connectivity index (χ1n) is 11.5. The van der Waals surface area contributed by atoms with Gasteiger partial charge < -0.3 is 4.90 Å². The molecule has 5 aromatic rings. The Morgan fingerprint density at radius 3 is 2.09 bits per heavy atom. The molecule has 35 heavy (non-hydrogen) atoms. The van der Waals surface area contributed by atoms with Crippen molar-refractivity contribution in [2.24, 2.45) is 0 Å². The molecule has 0 fully saturated rings. The molecular formula is C29H24N4OS. The molecule has 0 radical (unpaired) electrons. The quantitative estimate of drug-likeness (QED) is 0.251. The number of anilines is 1. The van der Waals surface area contributed by atoms with E-state index in [1.54, 1.807) is 0 Å². The molecule has 0 aliphatic carbocycles. The number of rotatable bonds is 7. The molecule has 5 rings (SSSR count). The van der Waals surface area contributed by atoms with Gasteiger partial charge in [0.15, 0.2) is 0 Å². The van der Waals surface area contributed by atoms with E-state index in [2.05, 4.69) is 28.4 Å². The van der Waals surface area contributed by atoms with Crippen molar-refractivity contribution in [2.45, 2.75) is 12.1 Å². The van der Waals surface area contributed by atoms with Gasteiger partial charge in [0.2, 0.25) is 11.1 Å². The number of hydrogen-bond acceptors (Lipinski definition) is 5. The Bertz CT molecular complexity index is 1450. The fourth-order valence-electron chi connectivity index (χ4n) is 4.09. The average Bonchev–Trinajstić information content (AvgIpc) is 2.93. The number of benzene rings is 4. The second-order valence-corrected chi connectivity index (χ2v) is 8.89. The Balaban J connectivity index is 1.41. The third-order valence-electron chi connectivity index (χ3n) is 5.76. The van der Waals surface area contributed by atoms with Crippen molar-refractivity contribution in [3.63, 3.8) is 0 Å². The number of amides is 1. The molecule has 1 aromatic heterocycles. The Labute approximate surface area is 208 Å². The highest BCUT2D eigenvalue weighted by Gasteiger charge is 2.19. The Hall–Kier alpha value is -4.03. The van der Waals surface area contributed by atoms with E-state index >= 15 is 0 Å². The van der Waals surface area contributed by atoms with Gasteiger partial charge in [0.1, 0.15) is 11.4 Å². The van der Waals surface area contributed by atoms with E-state index in [0.717, 1.165) is 39.0 Å². The zero-order valence-corrected chi connectivity index (χ0v) is 20.2. The van der Waals surface area contributed by atoms with Crippen LogP contribution in [0.4, 0.5) is 5.69 Å². The first-order chi connectivity index (χ1) is 17.2. The third-order valence-corrected chi connectivity index (χ3v) is 6.58. The fourth-order valence-corrected chi connectivity index (χ4v) is 4.75. The molecule has 172 valence electrons. The van der Waals surface area contributed by atoms with Crippen molar-refractivity contribution < 1.29 is 4.79 Å². The molecule has 0 unspecified atom stereocenters. The van der Waals surface area contributed by atoms with Crippen LogP contribution in [0.2, 0.25) is 0 Å². The van der Waals surface area contributed by atoms with Crippen molar-refractivity contribution in [1.82, 2.24) is 15.2 Å². The van der Waals surface area contributed by atoms with E-state index < -0.39 is 0 Å². The van der Waals surface area contributed by atoms with Gasteiger partial charge >= 0.3 is 0 Å². The van der Waals surface area contributed by atoms with Gasteiger partial charge in [-0.2, -0.15) is 0 Å². The predicted octanol–water partition coefficient (Wildman–Crippen LogP) is 6.50. The minimum absolute atomic E-state index is 0.00542. The van der Waals surface area contributed by atoms with Gasteiger partial charge in [0.25, 0.3) is 0 Å². The van der Waals surface area contributed by atoms with E-state index in [-0.39, 0.29) is 11.7 Å². The number of thioether (sulfide) groups is 1. The van der Waals surface area contributed by atoms with Gasteiger partial charge in [-0.15, -0.1) is 10.2 Å². The largest absolute Gasteiger partial charge is 0.311 e. The normalized spacial score (nSPS) is 10.9. The summed E-state index contributed by atoms with van der Waals surface area (Å²) in [6.45, 7) is 2.57. The second kappa shape index (κ2) is 10.5. The van der Waals surface area contributed by atoms with Crippen molar-refractivity contribution in [3.05, 3.63) is 103 Å². The number of fused-ring (bicyclic) bond motifs is 1. The Morgan fingerprint density at radius 1 is 0.743 bits per heavy atom. The summed E-state index contributed by atoms with van der Waals surface area (Å²) in [6.07, 6.45) is 0. The van der Waals surface area contributed by atoms with Gasteiger partial charge in [0.05, 0.1) is 11.4 Å². The molecule has 1 heterocycles. The number of carbonyl (C=O) groups is 1. The maximum Gasteiger partial charge on any atom is 0.237 e. The summed E-state index contributed by atoms with van der Waals surface area (Å²) in [5.41, 5.74) is 4.30. The third kappa shape index (κ3) is 4.93. The second-order valence-electron chi connectivity index (χ2n) is 7.95. The number of nitrogens with zero attached hydrogens (tertiary/aromatic N) is 4. The molecule has 0 saturated heterocycles. The molecule has 0 atom stereocenters. The van der Waals surface area contributed by atoms with Crippen LogP contribution in [0.15, 0.2) is 108 Å². The Morgan fingerprint density at radius 2 is 1.37 bits per heavy atom. The van der Waals surface area contributed by atoms with Crippen LogP contribution in [0.1, 0.15) is 6.92 Å². The highest BCUT2D eigenvalue weighted by molar-refractivity contribution is 7.99. The minimum Gasteiger partial charge on any atom is -0.311 e. The number of aromatic nitrogens is 3. The minimum atomic E-state index is 0.00542. The maximum absolute atomic E-state index is 13.3. The van der Waals surface area contributed by atoms with Crippen LogP contribution in [-0.2, 0) is 4.79 Å². The lowest BCUT2D eigenvalue weighted by atomic mass is 10.0. The number of hydrogen-bond donors (Lipinski definition) is 0. The average molecular weight is 477 g/mol. The molecule has 0 aliphatic rings. The number of carbonyl (C=O) groups excluding carboxylic acids is 1. The standard InChI is InChI=1S/C29H24N4OS/c1-2-33(25-19-11-17-21-12-9-10-18-24(21)25)26(34)20-35-29-30-27(22-13-5-3-6-14-22)28(31-32-29)23-15-7-4-8-16-23/h3-19H,2,20H2,1H3. The van der Waals surface area contributed by atoms with Crippen molar-refractivity contribution in [1.29, 1.82) is 0 Å². The Kier molecular flexibility index (Phi) is 6.82. The van der Waals surface area contributed by atoms with E-state index in [0.29, 0.717) is 11.7 Å². The lowest BCUT2D eigenvalue weighted by Crippen LogP contribution is -2.32. The van der Waals surface area contributed by atoms with E-state index in [1.807, 2.05) is 96.8 Å². The van der Waals surface area contributed by atoms with Crippen molar-refractivity contribution in [3.8, 4) is 22.5 Å². The molecule has 6 heteroatoms. The SMILES string of the molecule is CCN(C(=O)CSc1nnc(-c2ccccc2)c(-c2ccccc2)n1)c1cccc2ccccc12. The van der Waals surface area contributed by atoms with Crippen LogP contribution in [0.5, 0.6) is 0 Å². The summed E-state index contributed by atoms with van der Waals surface area (Å²) in [6, 6.07) is 34.0. The van der Waals surface area contributed by atoms with Crippen LogP contribution < -0.4 is 4.90 Å². The topological polar surface area (TPSA) is 59.0 Å². The molecule has 0 bridgehead atoms. The van der Waals surface area contributed by atoms with Crippen molar-refractivity contribution >= 4 is 34.1 Å². The van der Waals surface area contributed by atoms with Crippen LogP contribution >= 0.6 is 11.8 Å². The lowest BCUT2D eigenvalue weighted by molar-refractivity contribution is -0.116. The first kappa shape index (κ1) is 22.7. The molecule has 0 aliphatic heterocycles. The maximum atomic E-state index is 13.3. The highest BCUT2D eigenvalue weighted by Crippen LogP contribution is 2.31. The fraction of sp³-hybridized carbons (Fsp3) is 0.103. The van der Waals surface area contributed by atoms with Gasteiger partial charge in [-0.25, -0.2) is 4.98 Å².